The number of ether oxygens (including phenoxy) is 2. The maximum atomic E-state index is 5.19. The second-order valence-electron chi connectivity index (χ2n) is 5.21. The molecule has 0 aliphatic rings. The van der Waals surface area contributed by atoms with E-state index in [-0.39, 0.29) is 5.54 Å². The molecule has 0 unspecified atom stereocenters. The van der Waals surface area contributed by atoms with Gasteiger partial charge in [-0.25, -0.2) is 0 Å². The number of rotatable bonds is 5. The van der Waals surface area contributed by atoms with Crippen LogP contribution in [0.5, 0.6) is 11.5 Å². The molecule has 0 atom stereocenters. The van der Waals surface area contributed by atoms with Gasteiger partial charge in [-0.2, -0.15) is 0 Å². The fraction of sp³-hybridized carbons (Fsp3) is 0.294. The number of anilines is 1. The zero-order valence-electron chi connectivity index (χ0n) is 12.4. The molecule has 20 heavy (non-hydrogen) atoms. The van der Waals surface area contributed by atoms with E-state index in [2.05, 4.69) is 31.3 Å². The van der Waals surface area contributed by atoms with Crippen LogP contribution in [0, 0.1) is 0 Å². The van der Waals surface area contributed by atoms with Crippen LogP contribution in [0.15, 0.2) is 48.5 Å². The van der Waals surface area contributed by atoms with E-state index in [1.807, 2.05) is 36.4 Å². The van der Waals surface area contributed by atoms with E-state index in [9.17, 15) is 0 Å². The van der Waals surface area contributed by atoms with Crippen molar-refractivity contribution in [1.82, 2.24) is 0 Å². The zero-order valence-corrected chi connectivity index (χ0v) is 12.4. The molecule has 3 heteroatoms. The van der Waals surface area contributed by atoms with Gasteiger partial charge in [-0.05, 0) is 55.8 Å². The first-order chi connectivity index (χ1) is 9.55. The minimum Gasteiger partial charge on any atom is -0.497 e. The van der Waals surface area contributed by atoms with E-state index < -0.39 is 0 Å². The van der Waals surface area contributed by atoms with Crippen LogP contribution in [0.1, 0.15) is 19.4 Å². The molecular weight excluding hydrogens is 250 g/mol. The highest BCUT2D eigenvalue weighted by molar-refractivity contribution is 5.50. The van der Waals surface area contributed by atoms with Gasteiger partial charge in [-0.3, -0.25) is 0 Å². The standard InChI is InChI=1S/C17H21NO2/c1-17(2,13-5-9-15(19-3)10-6-13)18-14-7-11-16(20-4)12-8-14/h5-12,18H,1-4H3. The van der Waals surface area contributed by atoms with Gasteiger partial charge in [0, 0.05) is 5.69 Å². The molecule has 0 aromatic heterocycles. The van der Waals surface area contributed by atoms with Crippen LogP contribution < -0.4 is 14.8 Å². The fourth-order valence-electron chi connectivity index (χ4n) is 2.12. The van der Waals surface area contributed by atoms with Gasteiger partial charge in [0.05, 0.1) is 19.8 Å². The van der Waals surface area contributed by atoms with Crippen molar-refractivity contribution in [3.8, 4) is 11.5 Å². The van der Waals surface area contributed by atoms with Crippen LogP contribution >= 0.6 is 0 Å². The van der Waals surface area contributed by atoms with Gasteiger partial charge in [0.1, 0.15) is 11.5 Å². The van der Waals surface area contributed by atoms with Crippen LogP contribution in [0.3, 0.4) is 0 Å². The Hall–Kier alpha value is -2.16. The van der Waals surface area contributed by atoms with Crippen LogP contribution in [0.25, 0.3) is 0 Å². The van der Waals surface area contributed by atoms with E-state index in [1.165, 1.54) is 5.56 Å². The molecule has 0 saturated heterocycles. The van der Waals surface area contributed by atoms with E-state index in [1.54, 1.807) is 14.2 Å². The number of nitrogens with one attached hydrogen (secondary N) is 1. The first kappa shape index (κ1) is 14.3. The monoisotopic (exact) mass is 271 g/mol. The molecule has 106 valence electrons. The number of methoxy groups -OCH3 is 2. The van der Waals surface area contributed by atoms with Gasteiger partial charge in [0.2, 0.25) is 0 Å². The van der Waals surface area contributed by atoms with Crippen molar-refractivity contribution in [2.45, 2.75) is 19.4 Å². The maximum absolute atomic E-state index is 5.19. The average molecular weight is 271 g/mol. The van der Waals surface area contributed by atoms with Crippen molar-refractivity contribution in [3.05, 3.63) is 54.1 Å². The Morgan fingerprint density at radius 1 is 0.750 bits per heavy atom. The van der Waals surface area contributed by atoms with Crippen LogP contribution in [-0.2, 0) is 5.54 Å². The SMILES string of the molecule is COc1ccc(NC(C)(C)c2ccc(OC)cc2)cc1. The Morgan fingerprint density at radius 3 is 1.65 bits per heavy atom. The quantitative estimate of drug-likeness (QED) is 0.890. The van der Waals surface area contributed by atoms with Crippen molar-refractivity contribution >= 4 is 5.69 Å². The molecule has 0 heterocycles. The summed E-state index contributed by atoms with van der Waals surface area (Å²) in [5.41, 5.74) is 2.10. The Morgan fingerprint density at radius 2 is 1.20 bits per heavy atom. The minimum absolute atomic E-state index is 0.166. The summed E-state index contributed by atoms with van der Waals surface area (Å²) in [6.07, 6.45) is 0. The fourth-order valence-corrected chi connectivity index (χ4v) is 2.12. The molecule has 0 spiro atoms. The molecule has 0 saturated carbocycles. The summed E-state index contributed by atoms with van der Waals surface area (Å²) in [5.74, 6) is 1.73. The van der Waals surface area contributed by atoms with Crippen molar-refractivity contribution < 1.29 is 9.47 Å². The van der Waals surface area contributed by atoms with Crippen molar-refractivity contribution in [2.75, 3.05) is 19.5 Å². The summed E-state index contributed by atoms with van der Waals surface area (Å²) in [7, 11) is 3.35. The Bertz CT molecular complexity index is 544. The van der Waals surface area contributed by atoms with Crippen LogP contribution in [0.2, 0.25) is 0 Å². The van der Waals surface area contributed by atoms with E-state index >= 15 is 0 Å². The third-order valence-corrected chi connectivity index (χ3v) is 3.36. The van der Waals surface area contributed by atoms with Crippen molar-refractivity contribution in [1.29, 1.82) is 0 Å². The molecule has 1 N–H and O–H groups in total. The summed E-state index contributed by atoms with van der Waals surface area (Å²) < 4.78 is 10.4. The third-order valence-electron chi connectivity index (χ3n) is 3.36. The van der Waals surface area contributed by atoms with Gasteiger partial charge in [0.25, 0.3) is 0 Å². The second kappa shape index (κ2) is 5.87. The van der Waals surface area contributed by atoms with Crippen LogP contribution in [0.4, 0.5) is 5.69 Å². The second-order valence-corrected chi connectivity index (χ2v) is 5.21. The minimum atomic E-state index is -0.166. The summed E-state index contributed by atoms with van der Waals surface area (Å²) in [6.45, 7) is 4.30. The summed E-state index contributed by atoms with van der Waals surface area (Å²) in [4.78, 5) is 0. The van der Waals surface area contributed by atoms with Crippen LogP contribution in [-0.4, -0.2) is 14.2 Å². The summed E-state index contributed by atoms with van der Waals surface area (Å²) in [6, 6.07) is 16.1. The molecule has 0 aliphatic heterocycles. The first-order valence-corrected chi connectivity index (χ1v) is 6.62. The normalized spacial score (nSPS) is 11.0. The molecule has 0 aliphatic carbocycles. The molecule has 3 nitrogen and oxygen atoms in total. The van der Waals surface area contributed by atoms with E-state index in [0.717, 1.165) is 17.2 Å². The Kier molecular flexibility index (Phi) is 4.18. The lowest BCUT2D eigenvalue weighted by atomic mass is 9.94. The molecule has 2 rings (SSSR count). The third kappa shape index (κ3) is 3.23. The van der Waals surface area contributed by atoms with Gasteiger partial charge < -0.3 is 14.8 Å². The molecule has 0 fully saturated rings. The molecular formula is C17H21NO2. The summed E-state index contributed by atoms with van der Waals surface area (Å²) >= 11 is 0. The Labute approximate surface area is 120 Å². The number of hydrogen-bond donors (Lipinski definition) is 1. The van der Waals surface area contributed by atoms with Gasteiger partial charge in [-0.15, -0.1) is 0 Å². The van der Waals surface area contributed by atoms with Crippen molar-refractivity contribution in [2.24, 2.45) is 0 Å². The van der Waals surface area contributed by atoms with Gasteiger partial charge in [0.15, 0.2) is 0 Å². The van der Waals surface area contributed by atoms with Gasteiger partial charge >= 0.3 is 0 Å². The molecule has 0 amide bonds. The number of benzene rings is 2. The predicted octanol–water partition coefficient (Wildman–Crippen LogP) is 4.05. The zero-order chi connectivity index (χ0) is 14.6. The highest BCUT2D eigenvalue weighted by Crippen LogP contribution is 2.28. The molecule has 0 radical (unpaired) electrons. The lowest BCUT2D eigenvalue weighted by Gasteiger charge is -2.28. The molecule has 0 bridgehead atoms. The lowest BCUT2D eigenvalue weighted by molar-refractivity contribution is 0.414. The van der Waals surface area contributed by atoms with Gasteiger partial charge in [-0.1, -0.05) is 12.1 Å². The predicted molar refractivity (Wildman–Crippen MR) is 82.6 cm³/mol. The average Bonchev–Trinajstić information content (AvgIpc) is 2.48. The lowest BCUT2D eigenvalue weighted by Crippen LogP contribution is -2.27. The highest BCUT2D eigenvalue weighted by Gasteiger charge is 2.20. The highest BCUT2D eigenvalue weighted by atomic mass is 16.5. The summed E-state index contributed by atoms with van der Waals surface area (Å²) in [5, 5.41) is 3.53. The largest absolute Gasteiger partial charge is 0.497 e. The maximum Gasteiger partial charge on any atom is 0.119 e. The first-order valence-electron chi connectivity index (χ1n) is 6.62. The van der Waals surface area contributed by atoms with Crippen molar-refractivity contribution in [3.63, 3.8) is 0 Å². The van der Waals surface area contributed by atoms with E-state index in [4.69, 9.17) is 9.47 Å². The number of hydrogen-bond acceptors (Lipinski definition) is 3. The smallest absolute Gasteiger partial charge is 0.119 e. The Balaban J connectivity index is 2.15. The van der Waals surface area contributed by atoms with E-state index in [0.29, 0.717) is 0 Å². The molecule has 2 aromatic rings. The topological polar surface area (TPSA) is 30.5 Å². The molecule has 2 aromatic carbocycles.